The van der Waals surface area contributed by atoms with Crippen molar-refractivity contribution in [2.45, 2.75) is 0 Å². The summed E-state index contributed by atoms with van der Waals surface area (Å²) in [5, 5.41) is 0. The molecule has 0 unspecified atom stereocenters. The summed E-state index contributed by atoms with van der Waals surface area (Å²) in [4.78, 5) is 21.4. The van der Waals surface area contributed by atoms with Gasteiger partial charge in [-0.15, -0.1) is 0 Å². The molecule has 0 aromatic heterocycles. The Morgan fingerprint density at radius 2 is 1.88 bits per heavy atom. The average Bonchev–Trinajstić information content (AvgIpc) is 2.31. The van der Waals surface area contributed by atoms with Gasteiger partial charge in [0.15, 0.2) is 17.3 Å². The third-order valence-electron chi connectivity index (χ3n) is 1.72. The lowest BCUT2D eigenvalue weighted by atomic mass is 10.3. The third-order valence-corrected chi connectivity index (χ3v) is 1.72. The van der Waals surface area contributed by atoms with E-state index < -0.39 is 5.78 Å². The number of ketones is 1. The number of allylic oxidation sites excluding steroid dienone is 1. The minimum atomic E-state index is -0.430. The Morgan fingerprint density at radius 1 is 1.25 bits per heavy atom. The van der Waals surface area contributed by atoms with Gasteiger partial charge in [0.2, 0.25) is 5.78 Å². The van der Waals surface area contributed by atoms with E-state index in [0.717, 1.165) is 6.08 Å². The van der Waals surface area contributed by atoms with Gasteiger partial charge in [-0.25, -0.2) is 0 Å². The van der Waals surface area contributed by atoms with Crippen molar-refractivity contribution in [2.75, 3.05) is 0 Å². The standard InChI is InChI=1S/C12H10O4/c1-3-10(14)9(2)16-12-7-5-4-6-11(12)15-8-13/h3-8H,1-2H2. The molecular formula is C12H10O4. The molecule has 0 aliphatic carbocycles. The van der Waals surface area contributed by atoms with Crippen LogP contribution in [0.1, 0.15) is 0 Å². The summed E-state index contributed by atoms with van der Waals surface area (Å²) >= 11 is 0. The lowest BCUT2D eigenvalue weighted by molar-refractivity contribution is -0.120. The van der Waals surface area contributed by atoms with Crippen molar-refractivity contribution in [3.8, 4) is 11.5 Å². The van der Waals surface area contributed by atoms with Crippen molar-refractivity contribution < 1.29 is 19.1 Å². The molecule has 0 aliphatic rings. The van der Waals surface area contributed by atoms with E-state index in [-0.39, 0.29) is 23.7 Å². The monoisotopic (exact) mass is 218 g/mol. The van der Waals surface area contributed by atoms with Crippen molar-refractivity contribution in [1.82, 2.24) is 0 Å². The Kier molecular flexibility index (Phi) is 4.03. The summed E-state index contributed by atoms with van der Waals surface area (Å²) < 4.78 is 9.82. The summed E-state index contributed by atoms with van der Waals surface area (Å²) in [6, 6.07) is 6.44. The molecule has 0 atom stereocenters. The van der Waals surface area contributed by atoms with Crippen LogP contribution in [0.4, 0.5) is 0 Å². The van der Waals surface area contributed by atoms with Crippen LogP contribution in [-0.2, 0) is 9.59 Å². The number of hydrogen-bond donors (Lipinski definition) is 0. The van der Waals surface area contributed by atoms with Gasteiger partial charge in [0.25, 0.3) is 6.47 Å². The summed E-state index contributed by atoms with van der Waals surface area (Å²) in [5.74, 6) is -0.0526. The average molecular weight is 218 g/mol. The first kappa shape index (κ1) is 11.7. The molecule has 0 spiro atoms. The fourth-order valence-corrected chi connectivity index (χ4v) is 0.981. The molecular weight excluding hydrogens is 208 g/mol. The van der Waals surface area contributed by atoms with E-state index in [1.165, 1.54) is 6.07 Å². The van der Waals surface area contributed by atoms with Crippen LogP contribution in [0.2, 0.25) is 0 Å². The fraction of sp³-hybridized carbons (Fsp3) is 0. The van der Waals surface area contributed by atoms with Crippen LogP contribution in [0.5, 0.6) is 11.5 Å². The highest BCUT2D eigenvalue weighted by atomic mass is 16.5. The topological polar surface area (TPSA) is 52.6 Å². The second kappa shape index (κ2) is 5.50. The molecule has 0 heterocycles. The maximum Gasteiger partial charge on any atom is 0.298 e. The SMILES string of the molecule is C=CC(=O)C(=C)Oc1ccccc1OC=O. The second-order valence-electron chi connectivity index (χ2n) is 2.75. The zero-order valence-corrected chi connectivity index (χ0v) is 8.51. The van der Waals surface area contributed by atoms with Crippen LogP contribution in [0.3, 0.4) is 0 Å². The van der Waals surface area contributed by atoms with Crippen molar-refractivity contribution in [2.24, 2.45) is 0 Å². The molecule has 0 fully saturated rings. The van der Waals surface area contributed by atoms with Crippen LogP contribution < -0.4 is 9.47 Å². The first-order chi connectivity index (χ1) is 7.69. The van der Waals surface area contributed by atoms with Crippen molar-refractivity contribution in [1.29, 1.82) is 0 Å². The Hall–Kier alpha value is -2.36. The minimum Gasteiger partial charge on any atom is -0.450 e. The molecule has 0 bridgehead atoms. The van der Waals surface area contributed by atoms with Crippen molar-refractivity contribution in [3.05, 3.63) is 49.3 Å². The molecule has 0 aliphatic heterocycles. The Balaban J connectivity index is 2.87. The van der Waals surface area contributed by atoms with Crippen LogP contribution in [0, 0.1) is 0 Å². The van der Waals surface area contributed by atoms with Gasteiger partial charge in [-0.05, 0) is 18.2 Å². The summed E-state index contributed by atoms with van der Waals surface area (Å²) in [5.41, 5.74) is 0. The predicted molar refractivity (Wildman–Crippen MR) is 58.1 cm³/mol. The van der Waals surface area contributed by atoms with E-state index in [9.17, 15) is 9.59 Å². The summed E-state index contributed by atoms with van der Waals surface area (Å²) in [6.45, 7) is 7.02. The molecule has 1 aromatic carbocycles. The minimum absolute atomic E-state index is 0.0862. The van der Waals surface area contributed by atoms with Gasteiger partial charge in [-0.3, -0.25) is 9.59 Å². The van der Waals surface area contributed by atoms with Crippen molar-refractivity contribution in [3.63, 3.8) is 0 Å². The number of para-hydroxylation sites is 2. The van der Waals surface area contributed by atoms with Gasteiger partial charge >= 0.3 is 0 Å². The highest BCUT2D eigenvalue weighted by Crippen LogP contribution is 2.27. The van der Waals surface area contributed by atoms with Crippen LogP contribution in [-0.4, -0.2) is 12.3 Å². The zero-order chi connectivity index (χ0) is 12.0. The molecule has 4 heteroatoms. The normalized spacial score (nSPS) is 9.00. The van der Waals surface area contributed by atoms with Crippen LogP contribution in [0.15, 0.2) is 49.3 Å². The van der Waals surface area contributed by atoms with Gasteiger partial charge < -0.3 is 9.47 Å². The lowest BCUT2D eigenvalue weighted by Gasteiger charge is -2.08. The number of rotatable bonds is 6. The highest BCUT2D eigenvalue weighted by Gasteiger charge is 2.09. The number of carbonyl (C=O) groups excluding carboxylic acids is 2. The smallest absolute Gasteiger partial charge is 0.298 e. The van der Waals surface area contributed by atoms with Gasteiger partial charge in [0.05, 0.1) is 0 Å². The third kappa shape index (κ3) is 2.81. The maximum atomic E-state index is 11.1. The Bertz CT molecular complexity index is 434. The van der Waals surface area contributed by atoms with E-state index in [0.29, 0.717) is 0 Å². The molecule has 1 rings (SSSR count). The molecule has 16 heavy (non-hydrogen) atoms. The molecule has 0 amide bonds. The highest BCUT2D eigenvalue weighted by molar-refractivity contribution is 6.01. The largest absolute Gasteiger partial charge is 0.450 e. The predicted octanol–water partition coefficient (Wildman–Crippen LogP) is 1.87. The number of carbonyl (C=O) groups is 2. The number of benzene rings is 1. The molecule has 0 saturated carbocycles. The molecule has 0 radical (unpaired) electrons. The quantitative estimate of drug-likeness (QED) is 0.415. The Labute approximate surface area is 92.8 Å². The van der Waals surface area contributed by atoms with Crippen LogP contribution in [0.25, 0.3) is 0 Å². The molecule has 0 saturated heterocycles. The van der Waals surface area contributed by atoms with E-state index >= 15 is 0 Å². The van der Waals surface area contributed by atoms with E-state index in [4.69, 9.17) is 4.74 Å². The fourth-order valence-electron chi connectivity index (χ4n) is 0.981. The summed E-state index contributed by atoms with van der Waals surface area (Å²) in [7, 11) is 0. The first-order valence-electron chi connectivity index (χ1n) is 4.42. The molecule has 4 nitrogen and oxygen atoms in total. The van der Waals surface area contributed by atoms with E-state index in [1.807, 2.05) is 0 Å². The number of hydrogen-bond acceptors (Lipinski definition) is 4. The van der Waals surface area contributed by atoms with Gasteiger partial charge in [-0.2, -0.15) is 0 Å². The van der Waals surface area contributed by atoms with Crippen LogP contribution >= 0.6 is 0 Å². The van der Waals surface area contributed by atoms with E-state index in [1.54, 1.807) is 18.2 Å². The summed E-state index contributed by atoms with van der Waals surface area (Å²) in [6.07, 6.45) is 1.09. The van der Waals surface area contributed by atoms with Gasteiger partial charge in [0.1, 0.15) is 0 Å². The van der Waals surface area contributed by atoms with E-state index in [2.05, 4.69) is 17.9 Å². The van der Waals surface area contributed by atoms with Gasteiger partial charge in [-0.1, -0.05) is 25.3 Å². The second-order valence-corrected chi connectivity index (χ2v) is 2.75. The Morgan fingerprint density at radius 3 is 2.44 bits per heavy atom. The molecule has 82 valence electrons. The lowest BCUT2D eigenvalue weighted by Crippen LogP contribution is -2.05. The van der Waals surface area contributed by atoms with Crippen molar-refractivity contribution >= 4 is 12.3 Å². The number of ether oxygens (including phenoxy) is 2. The zero-order valence-electron chi connectivity index (χ0n) is 8.51. The van der Waals surface area contributed by atoms with Gasteiger partial charge in [0, 0.05) is 0 Å². The molecule has 0 N–H and O–H groups in total. The first-order valence-corrected chi connectivity index (χ1v) is 4.42. The molecule has 1 aromatic rings. The maximum absolute atomic E-state index is 11.1.